The monoisotopic (exact) mass is 386 g/mol. The standard InChI is InChI=1S/C24H26N4O/c29-23(16-17-8-9-18-5-4-6-20(18)15-17)25-21-12-10-19(11-13-21)24-27-26-22-7-2-1-3-14-28(22)24/h8-13,15H,1-7,14,16H2,(H,25,29). The molecule has 0 atom stereocenters. The molecule has 0 saturated carbocycles. The van der Waals surface area contributed by atoms with Crippen molar-refractivity contribution in [3.63, 3.8) is 0 Å². The van der Waals surface area contributed by atoms with E-state index in [1.165, 1.54) is 43.2 Å². The summed E-state index contributed by atoms with van der Waals surface area (Å²) in [5, 5.41) is 11.8. The van der Waals surface area contributed by atoms with Crippen LogP contribution in [-0.4, -0.2) is 20.7 Å². The highest BCUT2D eigenvalue weighted by Crippen LogP contribution is 2.25. The molecule has 1 N–H and O–H groups in total. The zero-order valence-corrected chi connectivity index (χ0v) is 16.7. The van der Waals surface area contributed by atoms with Gasteiger partial charge in [-0.25, -0.2) is 0 Å². The van der Waals surface area contributed by atoms with Crippen LogP contribution in [0, 0.1) is 0 Å². The molecule has 148 valence electrons. The summed E-state index contributed by atoms with van der Waals surface area (Å²) in [6, 6.07) is 14.4. The molecule has 2 aliphatic rings. The smallest absolute Gasteiger partial charge is 0.228 e. The largest absolute Gasteiger partial charge is 0.326 e. The Morgan fingerprint density at radius 1 is 0.897 bits per heavy atom. The number of hydrogen-bond acceptors (Lipinski definition) is 3. The van der Waals surface area contributed by atoms with E-state index in [2.05, 4.69) is 38.3 Å². The van der Waals surface area contributed by atoms with Crippen molar-refractivity contribution in [1.82, 2.24) is 14.8 Å². The second kappa shape index (κ2) is 7.82. The molecular weight excluding hydrogens is 360 g/mol. The van der Waals surface area contributed by atoms with Gasteiger partial charge in [-0.2, -0.15) is 0 Å². The number of nitrogens with one attached hydrogen (secondary N) is 1. The number of aromatic nitrogens is 3. The quantitative estimate of drug-likeness (QED) is 0.725. The summed E-state index contributed by atoms with van der Waals surface area (Å²) in [7, 11) is 0. The van der Waals surface area contributed by atoms with Gasteiger partial charge in [0.2, 0.25) is 5.91 Å². The summed E-state index contributed by atoms with van der Waals surface area (Å²) < 4.78 is 2.24. The number of hydrogen-bond donors (Lipinski definition) is 1. The van der Waals surface area contributed by atoms with Crippen LogP contribution in [-0.2, 0) is 37.0 Å². The van der Waals surface area contributed by atoms with Crippen LogP contribution in [0.4, 0.5) is 5.69 Å². The first-order valence-corrected chi connectivity index (χ1v) is 10.7. The van der Waals surface area contributed by atoms with Crippen LogP contribution in [0.5, 0.6) is 0 Å². The van der Waals surface area contributed by atoms with Crippen molar-refractivity contribution in [2.45, 2.75) is 57.9 Å². The van der Waals surface area contributed by atoms with Gasteiger partial charge in [-0.05, 0) is 73.1 Å². The molecule has 1 aromatic heterocycles. The summed E-state index contributed by atoms with van der Waals surface area (Å²) in [5.41, 5.74) is 5.80. The van der Waals surface area contributed by atoms with Gasteiger partial charge in [0.1, 0.15) is 5.82 Å². The molecule has 0 radical (unpaired) electrons. The highest BCUT2D eigenvalue weighted by Gasteiger charge is 2.16. The van der Waals surface area contributed by atoms with Crippen LogP contribution < -0.4 is 5.32 Å². The third-order valence-corrected chi connectivity index (χ3v) is 6.06. The average molecular weight is 386 g/mol. The number of carbonyl (C=O) groups is 1. The lowest BCUT2D eigenvalue weighted by Crippen LogP contribution is -2.14. The first-order valence-electron chi connectivity index (χ1n) is 10.7. The Balaban J connectivity index is 1.26. The lowest BCUT2D eigenvalue weighted by molar-refractivity contribution is -0.115. The summed E-state index contributed by atoms with van der Waals surface area (Å²) in [6.07, 6.45) is 8.56. The van der Waals surface area contributed by atoms with Crippen LogP contribution >= 0.6 is 0 Å². The number of amides is 1. The Morgan fingerprint density at radius 2 is 1.76 bits per heavy atom. The number of carbonyl (C=O) groups excluding carboxylic acids is 1. The second-order valence-corrected chi connectivity index (χ2v) is 8.16. The van der Waals surface area contributed by atoms with Gasteiger partial charge in [-0.3, -0.25) is 4.79 Å². The van der Waals surface area contributed by atoms with E-state index in [0.29, 0.717) is 6.42 Å². The molecule has 29 heavy (non-hydrogen) atoms. The number of rotatable bonds is 4. The third kappa shape index (κ3) is 3.82. The Kier molecular flexibility index (Phi) is 4.88. The summed E-state index contributed by atoms with van der Waals surface area (Å²) in [6.45, 7) is 0.983. The zero-order chi connectivity index (χ0) is 19.6. The zero-order valence-electron chi connectivity index (χ0n) is 16.7. The van der Waals surface area contributed by atoms with E-state index in [9.17, 15) is 4.79 Å². The lowest BCUT2D eigenvalue weighted by Gasteiger charge is -2.09. The summed E-state index contributed by atoms with van der Waals surface area (Å²) in [5.74, 6) is 2.04. The molecule has 1 amide bonds. The van der Waals surface area contributed by atoms with Gasteiger partial charge in [0.05, 0.1) is 6.42 Å². The van der Waals surface area contributed by atoms with Gasteiger partial charge in [0.25, 0.3) is 0 Å². The average Bonchev–Trinajstić information content (AvgIpc) is 3.29. The predicted octanol–water partition coefficient (Wildman–Crippen LogP) is 4.34. The number of benzene rings is 2. The molecule has 5 nitrogen and oxygen atoms in total. The van der Waals surface area contributed by atoms with Gasteiger partial charge in [-0.15, -0.1) is 10.2 Å². The first kappa shape index (κ1) is 18.1. The molecule has 2 heterocycles. The number of nitrogens with zero attached hydrogens (tertiary/aromatic N) is 3. The number of anilines is 1. The fourth-order valence-corrected chi connectivity index (χ4v) is 4.53. The minimum Gasteiger partial charge on any atom is -0.326 e. The molecule has 5 rings (SSSR count). The van der Waals surface area contributed by atoms with Crippen molar-refractivity contribution in [3.05, 3.63) is 65.0 Å². The summed E-state index contributed by atoms with van der Waals surface area (Å²) in [4.78, 5) is 12.5. The fraction of sp³-hybridized carbons (Fsp3) is 0.375. The Hall–Kier alpha value is -2.95. The SMILES string of the molecule is O=C(Cc1ccc2c(c1)CCC2)Nc1ccc(-c2nnc3n2CCCCC3)cc1. The number of aryl methyl sites for hydroxylation is 3. The molecule has 0 bridgehead atoms. The van der Waals surface area contributed by atoms with Crippen LogP contribution in [0.2, 0.25) is 0 Å². The van der Waals surface area contributed by atoms with Gasteiger partial charge < -0.3 is 9.88 Å². The van der Waals surface area contributed by atoms with Crippen molar-refractivity contribution < 1.29 is 4.79 Å². The fourth-order valence-electron chi connectivity index (χ4n) is 4.53. The van der Waals surface area contributed by atoms with Gasteiger partial charge in [-0.1, -0.05) is 24.6 Å². The van der Waals surface area contributed by atoms with Gasteiger partial charge >= 0.3 is 0 Å². The Morgan fingerprint density at radius 3 is 2.66 bits per heavy atom. The normalized spacial score (nSPS) is 15.4. The molecule has 5 heteroatoms. The third-order valence-electron chi connectivity index (χ3n) is 6.06. The van der Waals surface area contributed by atoms with Crippen LogP contribution in [0.25, 0.3) is 11.4 Å². The van der Waals surface area contributed by atoms with E-state index >= 15 is 0 Å². The molecule has 1 aliphatic carbocycles. The maximum absolute atomic E-state index is 12.5. The molecule has 0 spiro atoms. The lowest BCUT2D eigenvalue weighted by atomic mass is 10.0. The molecule has 2 aromatic carbocycles. The second-order valence-electron chi connectivity index (χ2n) is 8.16. The molecular formula is C24H26N4O. The van der Waals surface area contributed by atoms with Crippen molar-refractivity contribution in [2.24, 2.45) is 0 Å². The van der Waals surface area contributed by atoms with Gasteiger partial charge in [0, 0.05) is 24.2 Å². The maximum Gasteiger partial charge on any atom is 0.228 e. The molecule has 1 aliphatic heterocycles. The van der Waals surface area contributed by atoms with E-state index in [-0.39, 0.29) is 5.91 Å². The molecule has 0 saturated heterocycles. The van der Waals surface area contributed by atoms with E-state index in [0.717, 1.165) is 47.8 Å². The van der Waals surface area contributed by atoms with Crippen molar-refractivity contribution in [1.29, 1.82) is 0 Å². The van der Waals surface area contributed by atoms with Crippen LogP contribution in [0.3, 0.4) is 0 Å². The van der Waals surface area contributed by atoms with Gasteiger partial charge in [0.15, 0.2) is 5.82 Å². The molecule has 0 fully saturated rings. The Labute approximate surface area is 171 Å². The predicted molar refractivity (Wildman–Crippen MR) is 114 cm³/mol. The maximum atomic E-state index is 12.5. The molecule has 3 aromatic rings. The molecule has 0 unspecified atom stereocenters. The van der Waals surface area contributed by atoms with Crippen molar-refractivity contribution >= 4 is 11.6 Å². The Bertz CT molecular complexity index is 1040. The van der Waals surface area contributed by atoms with Crippen molar-refractivity contribution in [2.75, 3.05) is 5.32 Å². The van der Waals surface area contributed by atoms with E-state index in [1.54, 1.807) is 0 Å². The highest BCUT2D eigenvalue weighted by atomic mass is 16.1. The van der Waals surface area contributed by atoms with Crippen LogP contribution in [0.15, 0.2) is 42.5 Å². The summed E-state index contributed by atoms with van der Waals surface area (Å²) >= 11 is 0. The first-order chi connectivity index (χ1) is 14.3. The van der Waals surface area contributed by atoms with Crippen molar-refractivity contribution in [3.8, 4) is 11.4 Å². The van der Waals surface area contributed by atoms with Crippen LogP contribution in [0.1, 0.15) is 48.2 Å². The minimum atomic E-state index is 0.0204. The van der Waals surface area contributed by atoms with E-state index < -0.39 is 0 Å². The number of fused-ring (bicyclic) bond motifs is 2. The highest BCUT2D eigenvalue weighted by molar-refractivity contribution is 5.92. The minimum absolute atomic E-state index is 0.0204. The topological polar surface area (TPSA) is 59.8 Å². The van der Waals surface area contributed by atoms with E-state index in [1.807, 2.05) is 24.3 Å². The van der Waals surface area contributed by atoms with E-state index in [4.69, 9.17) is 0 Å².